The molecule has 0 aromatic carbocycles. The first-order chi connectivity index (χ1) is 12.0. The summed E-state index contributed by atoms with van der Waals surface area (Å²) in [6.45, 7) is 1.95. The number of unbranched alkanes of at least 4 members (excludes halogenated alkanes) is 3. The third kappa shape index (κ3) is 7.42. The molecule has 144 valence electrons. The molecule has 25 heavy (non-hydrogen) atoms. The summed E-state index contributed by atoms with van der Waals surface area (Å²) in [5, 5.41) is 9.65. The molecule has 7 nitrogen and oxygen atoms in total. The normalized spacial score (nSPS) is 22.7. The van der Waals surface area contributed by atoms with Crippen LogP contribution in [-0.2, 0) is 23.8 Å². The van der Waals surface area contributed by atoms with E-state index in [0.717, 1.165) is 32.1 Å². The Kier molecular flexibility index (Phi) is 10.1. The number of aliphatic hydroxyl groups excluding tert-OH is 1. The van der Waals surface area contributed by atoms with Crippen molar-refractivity contribution in [3.63, 3.8) is 0 Å². The van der Waals surface area contributed by atoms with E-state index in [4.69, 9.17) is 9.47 Å². The number of ketones is 1. The Morgan fingerprint density at radius 2 is 1.88 bits per heavy atom. The number of ether oxygens (including phenoxy) is 3. The number of esters is 1. The number of hydrogen-bond donors (Lipinski definition) is 1. The summed E-state index contributed by atoms with van der Waals surface area (Å²) in [5.41, 5.74) is 0. The summed E-state index contributed by atoms with van der Waals surface area (Å²) in [6, 6.07) is 0. The SMILES string of the molecule is CCOC(=O)OC[C@@H]1CC(=O)[C@H](CCCCCCC(=O)OC)[C@H]1CO. The van der Waals surface area contributed by atoms with Crippen LogP contribution in [-0.4, -0.2) is 49.9 Å². The number of methoxy groups -OCH3 is 1. The van der Waals surface area contributed by atoms with Crippen LogP contribution in [0.4, 0.5) is 4.79 Å². The molecule has 3 atom stereocenters. The van der Waals surface area contributed by atoms with Crippen LogP contribution in [0.2, 0.25) is 0 Å². The van der Waals surface area contributed by atoms with E-state index >= 15 is 0 Å². The van der Waals surface area contributed by atoms with Gasteiger partial charge >= 0.3 is 12.1 Å². The second-order valence-electron chi connectivity index (χ2n) is 6.41. The van der Waals surface area contributed by atoms with Crippen LogP contribution in [0, 0.1) is 17.8 Å². The van der Waals surface area contributed by atoms with Gasteiger partial charge < -0.3 is 19.3 Å². The highest BCUT2D eigenvalue weighted by Crippen LogP contribution is 2.37. The van der Waals surface area contributed by atoms with E-state index in [1.54, 1.807) is 6.92 Å². The number of aliphatic hydroxyl groups is 1. The van der Waals surface area contributed by atoms with Crippen LogP contribution in [0.25, 0.3) is 0 Å². The first-order valence-electron chi connectivity index (χ1n) is 9.03. The van der Waals surface area contributed by atoms with Gasteiger partial charge in [0.15, 0.2) is 0 Å². The number of hydrogen-bond acceptors (Lipinski definition) is 7. The van der Waals surface area contributed by atoms with Crippen LogP contribution < -0.4 is 0 Å². The number of Topliss-reactive ketones (excluding diaryl/α,β-unsaturated/α-hetero) is 1. The Labute approximate surface area is 149 Å². The lowest BCUT2D eigenvalue weighted by atomic mass is 9.86. The molecule has 1 fully saturated rings. The standard InChI is InChI=1S/C18H30O7/c1-3-24-18(22)25-12-13-10-16(20)14(15(13)11-19)8-6-4-5-7-9-17(21)23-2/h13-15,19H,3-12H2,1-2H3/t13-,14+,15-/m0/s1. The predicted octanol–water partition coefficient (Wildman–Crippen LogP) is 2.49. The first kappa shape index (κ1) is 21.4. The van der Waals surface area contributed by atoms with E-state index in [-0.39, 0.29) is 49.3 Å². The van der Waals surface area contributed by atoms with E-state index in [1.165, 1.54) is 7.11 Å². The van der Waals surface area contributed by atoms with Gasteiger partial charge in [-0.3, -0.25) is 9.59 Å². The molecule has 0 bridgehead atoms. The second-order valence-corrected chi connectivity index (χ2v) is 6.41. The molecule has 0 radical (unpaired) electrons. The van der Waals surface area contributed by atoms with Gasteiger partial charge in [0.25, 0.3) is 0 Å². The zero-order chi connectivity index (χ0) is 18.7. The lowest BCUT2D eigenvalue weighted by molar-refractivity contribution is -0.140. The van der Waals surface area contributed by atoms with Crippen molar-refractivity contribution in [3.05, 3.63) is 0 Å². The van der Waals surface area contributed by atoms with Gasteiger partial charge in [-0.1, -0.05) is 19.3 Å². The number of carbonyl (C=O) groups is 3. The van der Waals surface area contributed by atoms with E-state index < -0.39 is 6.16 Å². The summed E-state index contributed by atoms with van der Waals surface area (Å²) >= 11 is 0. The topological polar surface area (TPSA) is 99.1 Å². The molecule has 1 saturated carbocycles. The molecule has 7 heteroatoms. The van der Waals surface area contributed by atoms with Crippen molar-refractivity contribution in [2.24, 2.45) is 17.8 Å². The first-order valence-corrected chi connectivity index (χ1v) is 9.03. The van der Waals surface area contributed by atoms with E-state index in [0.29, 0.717) is 12.8 Å². The van der Waals surface area contributed by atoms with E-state index in [1.807, 2.05) is 0 Å². The molecule has 0 aromatic heterocycles. The minimum absolute atomic E-state index is 0.0877. The van der Waals surface area contributed by atoms with Gasteiger partial charge in [0.2, 0.25) is 0 Å². The van der Waals surface area contributed by atoms with Crippen LogP contribution in [0.5, 0.6) is 0 Å². The summed E-state index contributed by atoms with van der Waals surface area (Å²) in [4.78, 5) is 34.5. The highest BCUT2D eigenvalue weighted by Gasteiger charge is 2.41. The van der Waals surface area contributed by atoms with Crippen molar-refractivity contribution in [3.8, 4) is 0 Å². The molecular weight excluding hydrogens is 328 g/mol. The molecule has 0 amide bonds. The predicted molar refractivity (Wildman–Crippen MR) is 89.9 cm³/mol. The van der Waals surface area contributed by atoms with Crippen molar-refractivity contribution in [2.45, 2.75) is 51.9 Å². The van der Waals surface area contributed by atoms with Gasteiger partial charge in [-0.25, -0.2) is 4.79 Å². The summed E-state index contributed by atoms with van der Waals surface area (Å²) in [7, 11) is 1.38. The molecule has 0 aromatic rings. The maximum Gasteiger partial charge on any atom is 0.508 e. The molecule has 1 aliphatic carbocycles. The fourth-order valence-corrected chi connectivity index (χ4v) is 3.39. The maximum atomic E-state index is 12.2. The monoisotopic (exact) mass is 358 g/mol. The van der Waals surface area contributed by atoms with Crippen LogP contribution in [0.3, 0.4) is 0 Å². The Balaban J connectivity index is 2.32. The Morgan fingerprint density at radius 1 is 1.16 bits per heavy atom. The third-order valence-electron chi connectivity index (χ3n) is 4.76. The molecule has 0 aliphatic heterocycles. The van der Waals surface area contributed by atoms with Crippen molar-refractivity contribution in [1.82, 2.24) is 0 Å². The van der Waals surface area contributed by atoms with Gasteiger partial charge in [0.1, 0.15) is 5.78 Å². The van der Waals surface area contributed by atoms with Crippen LogP contribution in [0.1, 0.15) is 51.9 Å². The molecule has 0 spiro atoms. The minimum Gasteiger partial charge on any atom is -0.469 e. The molecule has 1 N–H and O–H groups in total. The Bertz CT molecular complexity index is 435. The highest BCUT2D eigenvalue weighted by atomic mass is 16.7. The Hall–Kier alpha value is -1.63. The Morgan fingerprint density at radius 3 is 2.52 bits per heavy atom. The second kappa shape index (κ2) is 11.8. The molecule has 0 saturated heterocycles. The molecule has 0 heterocycles. The van der Waals surface area contributed by atoms with Gasteiger partial charge in [-0.05, 0) is 25.7 Å². The third-order valence-corrected chi connectivity index (χ3v) is 4.76. The largest absolute Gasteiger partial charge is 0.508 e. The smallest absolute Gasteiger partial charge is 0.469 e. The van der Waals surface area contributed by atoms with Crippen molar-refractivity contribution in [1.29, 1.82) is 0 Å². The molecule has 1 rings (SSSR count). The molecule has 1 aliphatic rings. The number of rotatable bonds is 11. The van der Waals surface area contributed by atoms with E-state index in [2.05, 4.69) is 4.74 Å². The molecule has 0 unspecified atom stereocenters. The van der Waals surface area contributed by atoms with Gasteiger partial charge in [0.05, 0.1) is 20.3 Å². The summed E-state index contributed by atoms with van der Waals surface area (Å²) in [6.07, 6.45) is 4.24. The van der Waals surface area contributed by atoms with Crippen molar-refractivity contribution in [2.75, 3.05) is 26.9 Å². The lowest BCUT2D eigenvalue weighted by Gasteiger charge is -2.21. The average molecular weight is 358 g/mol. The average Bonchev–Trinajstić information content (AvgIpc) is 2.90. The summed E-state index contributed by atoms with van der Waals surface area (Å²) in [5.74, 6) is -0.563. The highest BCUT2D eigenvalue weighted by molar-refractivity contribution is 5.84. The fourth-order valence-electron chi connectivity index (χ4n) is 3.39. The van der Waals surface area contributed by atoms with Gasteiger partial charge in [-0.2, -0.15) is 0 Å². The molecular formula is C18H30O7. The summed E-state index contributed by atoms with van der Waals surface area (Å²) < 4.78 is 14.3. The van der Waals surface area contributed by atoms with Crippen molar-refractivity contribution < 1.29 is 33.7 Å². The van der Waals surface area contributed by atoms with E-state index in [9.17, 15) is 19.5 Å². The minimum atomic E-state index is -0.735. The quantitative estimate of drug-likeness (QED) is 0.447. The lowest BCUT2D eigenvalue weighted by Crippen LogP contribution is -2.25. The number of carbonyl (C=O) groups excluding carboxylic acids is 3. The van der Waals surface area contributed by atoms with Crippen molar-refractivity contribution >= 4 is 17.9 Å². The zero-order valence-electron chi connectivity index (χ0n) is 15.2. The van der Waals surface area contributed by atoms with Crippen LogP contribution in [0.15, 0.2) is 0 Å². The van der Waals surface area contributed by atoms with Gasteiger partial charge in [0, 0.05) is 31.3 Å². The zero-order valence-corrected chi connectivity index (χ0v) is 15.2. The van der Waals surface area contributed by atoms with Gasteiger partial charge in [-0.15, -0.1) is 0 Å². The fraction of sp³-hybridized carbons (Fsp3) is 0.833. The maximum absolute atomic E-state index is 12.2. The van der Waals surface area contributed by atoms with Crippen LogP contribution >= 0.6 is 0 Å².